The lowest BCUT2D eigenvalue weighted by Gasteiger charge is -2.00. The first-order chi connectivity index (χ1) is 4.10. The molecule has 0 aliphatic carbocycles. The van der Waals surface area contributed by atoms with Crippen LogP contribution < -0.4 is 4.72 Å². The van der Waals surface area contributed by atoms with Gasteiger partial charge in [0.15, 0.2) is 0 Å². The van der Waals surface area contributed by atoms with Crippen molar-refractivity contribution in [3.8, 4) is 0 Å². The van der Waals surface area contributed by atoms with Crippen molar-refractivity contribution < 1.29 is 8.42 Å². The van der Waals surface area contributed by atoms with Crippen LogP contribution in [-0.4, -0.2) is 14.6 Å². The second-order valence-electron chi connectivity index (χ2n) is 1.36. The molecule has 0 aromatic rings. The molecular weight excluding hydrogens is 208 g/mol. The fourth-order valence-corrected chi connectivity index (χ4v) is 1.41. The maximum absolute atomic E-state index is 10.4. The van der Waals surface area contributed by atoms with Crippen LogP contribution in [0.4, 0.5) is 0 Å². The van der Waals surface area contributed by atoms with Crippen LogP contribution in [0, 0.1) is 0 Å². The molecule has 0 bridgehead atoms. The Morgan fingerprint density at radius 1 is 1.67 bits per heavy atom. The lowest BCUT2D eigenvalue weighted by atomic mass is 10.7. The Bertz CT molecular complexity index is 266. The van der Waals surface area contributed by atoms with Crippen molar-refractivity contribution in [2.45, 2.75) is 0 Å². The third kappa shape index (κ3) is 1.79. The van der Waals surface area contributed by atoms with Crippen LogP contribution in [0.25, 0.3) is 0 Å². The summed E-state index contributed by atoms with van der Waals surface area (Å²) >= 11 is 3.02. The molecule has 1 aliphatic rings. The molecule has 1 rings (SSSR count). The van der Waals surface area contributed by atoms with Crippen molar-refractivity contribution in [3.05, 3.63) is 10.7 Å². The highest BCUT2D eigenvalue weighted by Gasteiger charge is 2.06. The van der Waals surface area contributed by atoms with Gasteiger partial charge in [-0.15, -0.1) is 0 Å². The molecule has 0 saturated heterocycles. The summed E-state index contributed by atoms with van der Waals surface area (Å²) in [6.45, 7) is 0. The average molecular weight is 211 g/mol. The van der Waals surface area contributed by atoms with Crippen molar-refractivity contribution >= 4 is 32.4 Å². The molecule has 4 nitrogen and oxygen atoms in total. The van der Waals surface area contributed by atoms with Gasteiger partial charge in [0.25, 0.3) is 0 Å². The number of nitrogens with zero attached hydrogens (tertiary/aromatic N) is 1. The largest absolute Gasteiger partial charge is 0.341 e. The molecule has 0 fully saturated rings. The van der Waals surface area contributed by atoms with E-state index in [0.717, 1.165) is 0 Å². The smallest absolute Gasteiger partial charge is 0.271 e. The topological polar surface area (TPSA) is 58.5 Å². The van der Waals surface area contributed by atoms with Crippen LogP contribution in [0.1, 0.15) is 0 Å². The minimum atomic E-state index is -3.40. The van der Waals surface area contributed by atoms with Gasteiger partial charge in [-0.2, -0.15) is 12.8 Å². The Morgan fingerprint density at radius 2 is 2.33 bits per heavy atom. The number of hydrogen-bond donors (Lipinski definition) is 1. The minimum Gasteiger partial charge on any atom is -0.271 e. The second-order valence-corrected chi connectivity index (χ2v) is 3.67. The lowest BCUT2D eigenvalue weighted by Crippen LogP contribution is -2.18. The molecule has 6 heteroatoms. The van der Waals surface area contributed by atoms with Crippen LogP contribution >= 0.6 is 15.9 Å². The van der Waals surface area contributed by atoms with Gasteiger partial charge in [0, 0.05) is 6.20 Å². The van der Waals surface area contributed by atoms with E-state index in [2.05, 4.69) is 25.0 Å². The molecule has 50 valence electrons. The molecule has 0 amide bonds. The van der Waals surface area contributed by atoms with Gasteiger partial charge in [0.1, 0.15) is 0 Å². The van der Waals surface area contributed by atoms with E-state index in [4.69, 9.17) is 0 Å². The Morgan fingerprint density at radius 3 is 2.67 bits per heavy atom. The van der Waals surface area contributed by atoms with Gasteiger partial charge < -0.3 is 0 Å². The highest BCUT2D eigenvalue weighted by Crippen LogP contribution is 2.04. The maximum atomic E-state index is 10.4. The van der Waals surface area contributed by atoms with Gasteiger partial charge in [-0.3, -0.25) is 4.72 Å². The van der Waals surface area contributed by atoms with E-state index in [1.807, 2.05) is 0 Å². The van der Waals surface area contributed by atoms with Crippen LogP contribution in [-0.2, 0) is 10.2 Å². The number of halogens is 1. The van der Waals surface area contributed by atoms with E-state index in [0.29, 0.717) is 4.48 Å². The third-order valence-corrected chi connectivity index (χ3v) is 1.89. The molecule has 0 radical (unpaired) electrons. The molecule has 1 aliphatic heterocycles. The SMILES string of the molecule is O=S1(=O)N=CC(Br)=CN1. The lowest BCUT2D eigenvalue weighted by molar-refractivity contribution is 0.592. The first-order valence-corrected chi connectivity index (χ1v) is 4.27. The van der Waals surface area contributed by atoms with E-state index in [1.165, 1.54) is 12.4 Å². The zero-order valence-electron chi connectivity index (χ0n) is 4.20. The molecule has 0 atom stereocenters. The fraction of sp³-hybridized carbons (Fsp3) is 0. The van der Waals surface area contributed by atoms with Gasteiger partial charge in [-0.1, -0.05) is 0 Å². The number of rotatable bonds is 0. The second kappa shape index (κ2) is 2.11. The van der Waals surface area contributed by atoms with Crippen molar-refractivity contribution in [3.63, 3.8) is 0 Å². The summed E-state index contributed by atoms with van der Waals surface area (Å²) in [4.78, 5) is 0. The Kier molecular flexibility index (Phi) is 1.58. The van der Waals surface area contributed by atoms with Crippen LogP contribution in [0.2, 0.25) is 0 Å². The maximum Gasteiger partial charge on any atom is 0.341 e. The van der Waals surface area contributed by atoms with Crippen LogP contribution in [0.5, 0.6) is 0 Å². The molecule has 0 unspecified atom stereocenters. The highest BCUT2D eigenvalue weighted by molar-refractivity contribution is 9.12. The molecular formula is C3H3BrN2O2S. The van der Waals surface area contributed by atoms with E-state index >= 15 is 0 Å². The summed E-state index contributed by atoms with van der Waals surface area (Å²) in [6.07, 6.45) is 2.52. The van der Waals surface area contributed by atoms with Gasteiger partial charge in [-0.25, -0.2) is 0 Å². The van der Waals surface area contributed by atoms with E-state index < -0.39 is 10.2 Å². The standard InChI is InChI=1S/C3H3BrN2O2S/c4-3-1-5-9(7,8)6-2-3/h1-2,5H. The van der Waals surface area contributed by atoms with Crippen molar-refractivity contribution in [1.82, 2.24) is 4.72 Å². The van der Waals surface area contributed by atoms with Gasteiger partial charge in [0.2, 0.25) is 0 Å². The minimum absolute atomic E-state index is 0.609. The van der Waals surface area contributed by atoms with Crippen molar-refractivity contribution in [2.24, 2.45) is 4.40 Å². The Labute approximate surface area is 61.0 Å². The first-order valence-electron chi connectivity index (χ1n) is 2.03. The van der Waals surface area contributed by atoms with Crippen molar-refractivity contribution in [2.75, 3.05) is 0 Å². The Hall–Kier alpha value is -0.360. The van der Waals surface area contributed by atoms with Gasteiger partial charge >= 0.3 is 10.2 Å². The fourth-order valence-electron chi connectivity index (χ4n) is 0.318. The summed E-state index contributed by atoms with van der Waals surface area (Å²) in [5.41, 5.74) is 0. The summed E-state index contributed by atoms with van der Waals surface area (Å²) in [5.74, 6) is 0. The first kappa shape index (κ1) is 6.76. The normalized spacial score (nSPS) is 22.6. The molecule has 9 heavy (non-hydrogen) atoms. The molecule has 0 spiro atoms. The zero-order valence-corrected chi connectivity index (χ0v) is 6.61. The van der Waals surface area contributed by atoms with Gasteiger partial charge in [-0.05, 0) is 15.9 Å². The summed E-state index contributed by atoms with van der Waals surface area (Å²) in [6, 6.07) is 0. The predicted octanol–water partition coefficient (Wildman–Crippen LogP) is 0.142. The predicted molar refractivity (Wildman–Crippen MR) is 37.6 cm³/mol. The van der Waals surface area contributed by atoms with E-state index in [-0.39, 0.29) is 0 Å². The average Bonchev–Trinajstić information content (AvgIpc) is 1.78. The molecule has 1 N–H and O–H groups in total. The van der Waals surface area contributed by atoms with Crippen molar-refractivity contribution in [1.29, 1.82) is 0 Å². The summed E-state index contributed by atoms with van der Waals surface area (Å²) in [7, 11) is -3.40. The third-order valence-electron chi connectivity index (χ3n) is 0.661. The quantitative estimate of drug-likeness (QED) is 0.619. The molecule has 0 aromatic carbocycles. The summed E-state index contributed by atoms with van der Waals surface area (Å²) in [5, 5.41) is 0. The van der Waals surface area contributed by atoms with E-state index in [1.54, 1.807) is 0 Å². The van der Waals surface area contributed by atoms with Crippen LogP contribution in [0.3, 0.4) is 0 Å². The van der Waals surface area contributed by atoms with Gasteiger partial charge in [0.05, 0.1) is 10.7 Å². The monoisotopic (exact) mass is 210 g/mol. The Balaban J connectivity index is 2.95. The highest BCUT2D eigenvalue weighted by atomic mass is 79.9. The molecule has 0 saturated carbocycles. The zero-order chi connectivity index (χ0) is 6.91. The number of hydrogen-bond acceptors (Lipinski definition) is 2. The molecule has 1 heterocycles. The number of allylic oxidation sites excluding steroid dienone is 1. The number of nitrogens with one attached hydrogen (secondary N) is 1. The summed E-state index contributed by atoms with van der Waals surface area (Å²) < 4.78 is 26.7. The van der Waals surface area contributed by atoms with E-state index in [9.17, 15) is 8.42 Å². The van der Waals surface area contributed by atoms with Crippen LogP contribution in [0.15, 0.2) is 15.1 Å². The molecule has 0 aromatic heterocycles.